The average molecular weight is 509 g/mol. The van der Waals surface area contributed by atoms with Crippen LogP contribution in [0.1, 0.15) is 50.2 Å². The number of para-hydroxylation sites is 1. The van der Waals surface area contributed by atoms with Crippen molar-refractivity contribution in [2.45, 2.75) is 56.4 Å². The first kappa shape index (κ1) is 25.7. The number of benzene rings is 2. The van der Waals surface area contributed by atoms with Crippen molar-refractivity contribution in [3.8, 4) is 0 Å². The average Bonchev–Trinajstić information content (AvgIpc) is 3.33. The molecular weight excluding hydrogens is 476 g/mol. The molecule has 4 rings (SSSR count). The Morgan fingerprint density at radius 1 is 1.08 bits per heavy atom. The highest BCUT2D eigenvalue weighted by molar-refractivity contribution is 7.92. The van der Waals surface area contributed by atoms with Crippen LogP contribution in [0, 0.1) is 0 Å². The van der Waals surface area contributed by atoms with Crippen molar-refractivity contribution in [1.29, 1.82) is 0 Å². The number of allylic oxidation sites excluding steroid dienone is 1. The van der Waals surface area contributed by atoms with Gasteiger partial charge in [-0.25, -0.2) is 13.2 Å². The largest absolute Gasteiger partial charge is 0.449 e. The Bertz CT molecular complexity index is 1270. The molecule has 2 aromatic rings. The van der Waals surface area contributed by atoms with E-state index in [4.69, 9.17) is 4.74 Å². The van der Waals surface area contributed by atoms with Crippen LogP contribution in [0.4, 0.5) is 5.69 Å². The number of esters is 1. The molecule has 0 aromatic heterocycles. The predicted molar refractivity (Wildman–Crippen MR) is 140 cm³/mol. The van der Waals surface area contributed by atoms with Crippen LogP contribution in [0.25, 0.3) is 6.08 Å². The molecule has 0 saturated heterocycles. The highest BCUT2D eigenvalue weighted by Gasteiger charge is 2.30. The third-order valence-corrected chi connectivity index (χ3v) is 8.34. The Morgan fingerprint density at radius 2 is 1.86 bits per heavy atom. The van der Waals surface area contributed by atoms with Crippen LogP contribution < -0.4 is 9.62 Å². The summed E-state index contributed by atoms with van der Waals surface area (Å²) in [5, 5.41) is 2.82. The van der Waals surface area contributed by atoms with Gasteiger partial charge in [-0.1, -0.05) is 42.0 Å². The number of nitrogens with zero attached hydrogens (tertiary/aromatic N) is 1. The van der Waals surface area contributed by atoms with E-state index in [1.807, 2.05) is 24.3 Å². The molecule has 1 unspecified atom stereocenters. The fourth-order valence-electron chi connectivity index (χ4n) is 4.49. The normalized spacial score (nSPS) is 16.4. The number of fused-ring (bicyclic) bond motifs is 1. The quantitative estimate of drug-likeness (QED) is 0.308. The minimum absolute atomic E-state index is 0.188. The third kappa shape index (κ3) is 6.23. The van der Waals surface area contributed by atoms with Gasteiger partial charge < -0.3 is 10.1 Å². The highest BCUT2D eigenvalue weighted by Crippen LogP contribution is 2.32. The van der Waals surface area contributed by atoms with E-state index >= 15 is 0 Å². The second-order valence-electron chi connectivity index (χ2n) is 9.09. The SMILES string of the molecule is CC(OC(=O)C=Cc1ccc(S(=O)(=O)N2CCc3ccccc32)cc1)C(=O)NCCC1=CCCCC1. The molecule has 1 amide bonds. The number of carbonyl (C=O) groups is 2. The molecular formula is C28H32N2O5S. The molecule has 0 radical (unpaired) electrons. The van der Waals surface area contributed by atoms with Crippen LogP contribution in [0.5, 0.6) is 0 Å². The van der Waals surface area contributed by atoms with E-state index in [1.54, 1.807) is 12.1 Å². The lowest BCUT2D eigenvalue weighted by Gasteiger charge is -2.19. The van der Waals surface area contributed by atoms with E-state index in [0.717, 1.165) is 24.8 Å². The van der Waals surface area contributed by atoms with Gasteiger partial charge in [0.05, 0.1) is 10.6 Å². The van der Waals surface area contributed by atoms with Crippen LogP contribution in [-0.2, 0) is 30.8 Å². The number of amides is 1. The van der Waals surface area contributed by atoms with Gasteiger partial charge in [-0.3, -0.25) is 9.10 Å². The Balaban J connectivity index is 1.28. The predicted octanol–water partition coefficient (Wildman–Crippen LogP) is 4.39. The topological polar surface area (TPSA) is 92.8 Å². The zero-order valence-corrected chi connectivity index (χ0v) is 21.3. The van der Waals surface area contributed by atoms with Crippen molar-refractivity contribution in [3.05, 3.63) is 77.4 Å². The first-order chi connectivity index (χ1) is 17.3. The lowest BCUT2D eigenvalue weighted by molar-refractivity contribution is -0.150. The first-order valence-electron chi connectivity index (χ1n) is 12.4. The second kappa shape index (κ2) is 11.6. The molecule has 1 N–H and O–H groups in total. The molecule has 1 aliphatic heterocycles. The molecule has 36 heavy (non-hydrogen) atoms. The molecule has 1 aliphatic carbocycles. The fraction of sp³-hybridized carbons (Fsp3) is 0.357. The van der Waals surface area contributed by atoms with E-state index in [-0.39, 0.29) is 10.8 Å². The second-order valence-corrected chi connectivity index (χ2v) is 10.9. The molecule has 2 aromatic carbocycles. The minimum atomic E-state index is -3.67. The minimum Gasteiger partial charge on any atom is -0.449 e. The zero-order valence-electron chi connectivity index (χ0n) is 20.5. The lowest BCUT2D eigenvalue weighted by Crippen LogP contribution is -2.36. The number of ether oxygens (including phenoxy) is 1. The van der Waals surface area contributed by atoms with Crippen molar-refractivity contribution in [2.75, 3.05) is 17.4 Å². The van der Waals surface area contributed by atoms with Gasteiger partial charge in [-0.15, -0.1) is 0 Å². The molecule has 2 aliphatic rings. The Labute approximate surface area is 212 Å². The first-order valence-corrected chi connectivity index (χ1v) is 13.8. The summed E-state index contributed by atoms with van der Waals surface area (Å²) in [6.07, 6.45) is 10.2. The zero-order chi connectivity index (χ0) is 25.5. The fourth-order valence-corrected chi connectivity index (χ4v) is 5.99. The summed E-state index contributed by atoms with van der Waals surface area (Å²) in [5.74, 6) is -0.968. The summed E-state index contributed by atoms with van der Waals surface area (Å²) in [4.78, 5) is 24.6. The van der Waals surface area contributed by atoms with Gasteiger partial charge in [0.1, 0.15) is 0 Å². The molecule has 1 heterocycles. The molecule has 1 atom stereocenters. The van der Waals surface area contributed by atoms with E-state index in [2.05, 4.69) is 11.4 Å². The molecule has 0 bridgehead atoms. The lowest BCUT2D eigenvalue weighted by atomic mass is 9.97. The van der Waals surface area contributed by atoms with Gasteiger partial charge in [-0.2, -0.15) is 0 Å². The summed E-state index contributed by atoms with van der Waals surface area (Å²) in [6.45, 7) is 2.48. The van der Waals surface area contributed by atoms with Crippen LogP contribution in [0.15, 0.2) is 71.2 Å². The Kier molecular flexibility index (Phi) is 8.25. The molecule has 0 spiro atoms. The Morgan fingerprint density at radius 3 is 2.61 bits per heavy atom. The standard InChI is InChI=1S/C28H32N2O5S/c1-21(28(32)29-19-17-22-7-3-2-4-8-22)35-27(31)16-13-23-11-14-25(15-12-23)36(33,34)30-20-18-24-9-5-6-10-26(24)30/h5-7,9-16,21H,2-4,8,17-20H2,1H3,(H,29,32). The van der Waals surface area contributed by atoms with Gasteiger partial charge in [0.15, 0.2) is 6.10 Å². The summed E-state index contributed by atoms with van der Waals surface area (Å²) >= 11 is 0. The highest BCUT2D eigenvalue weighted by atomic mass is 32.2. The molecule has 7 nitrogen and oxygen atoms in total. The van der Waals surface area contributed by atoms with Crippen molar-refractivity contribution in [3.63, 3.8) is 0 Å². The summed E-state index contributed by atoms with van der Waals surface area (Å²) in [6, 6.07) is 13.8. The number of anilines is 1. The number of carbonyl (C=O) groups excluding carboxylic acids is 2. The summed E-state index contributed by atoms with van der Waals surface area (Å²) in [7, 11) is -3.67. The van der Waals surface area contributed by atoms with Gasteiger partial charge in [0, 0.05) is 19.2 Å². The van der Waals surface area contributed by atoms with E-state index in [9.17, 15) is 18.0 Å². The molecule has 0 fully saturated rings. The van der Waals surface area contributed by atoms with Crippen molar-refractivity contribution in [1.82, 2.24) is 5.32 Å². The smallest absolute Gasteiger partial charge is 0.331 e. The Hall–Kier alpha value is -3.39. The van der Waals surface area contributed by atoms with Gasteiger partial charge in [-0.05, 0) is 80.9 Å². The van der Waals surface area contributed by atoms with Crippen molar-refractivity contribution >= 4 is 33.7 Å². The number of sulfonamides is 1. The maximum atomic E-state index is 13.1. The number of hydrogen-bond donors (Lipinski definition) is 1. The monoisotopic (exact) mass is 508 g/mol. The third-order valence-electron chi connectivity index (χ3n) is 6.52. The van der Waals surface area contributed by atoms with Crippen LogP contribution in [0.2, 0.25) is 0 Å². The van der Waals surface area contributed by atoms with Crippen molar-refractivity contribution < 1.29 is 22.7 Å². The van der Waals surface area contributed by atoms with Crippen LogP contribution >= 0.6 is 0 Å². The summed E-state index contributed by atoms with van der Waals surface area (Å²) < 4.78 is 32.9. The van der Waals surface area contributed by atoms with Crippen molar-refractivity contribution in [2.24, 2.45) is 0 Å². The van der Waals surface area contributed by atoms with Gasteiger partial charge in [0.2, 0.25) is 0 Å². The summed E-state index contributed by atoms with van der Waals surface area (Å²) in [5.41, 5.74) is 3.75. The maximum absolute atomic E-state index is 13.1. The number of rotatable bonds is 9. The van der Waals surface area contributed by atoms with Crippen LogP contribution in [-0.4, -0.2) is 39.5 Å². The molecule has 0 saturated carbocycles. The van der Waals surface area contributed by atoms with Crippen LogP contribution in [0.3, 0.4) is 0 Å². The van der Waals surface area contributed by atoms with E-state index in [0.29, 0.717) is 30.8 Å². The number of nitrogens with one attached hydrogen (secondary N) is 1. The maximum Gasteiger partial charge on any atom is 0.331 e. The number of hydrogen-bond acceptors (Lipinski definition) is 5. The van der Waals surface area contributed by atoms with Gasteiger partial charge in [0.25, 0.3) is 15.9 Å². The molecule has 190 valence electrons. The van der Waals surface area contributed by atoms with E-state index < -0.39 is 22.1 Å². The van der Waals surface area contributed by atoms with Gasteiger partial charge >= 0.3 is 5.97 Å². The molecule has 8 heteroatoms. The van der Waals surface area contributed by atoms with E-state index in [1.165, 1.54) is 53.9 Å².